The molecule has 0 aliphatic heterocycles. The van der Waals surface area contributed by atoms with E-state index < -0.39 is 0 Å². The van der Waals surface area contributed by atoms with Gasteiger partial charge >= 0.3 is 0 Å². The van der Waals surface area contributed by atoms with Gasteiger partial charge in [0.1, 0.15) is 11.8 Å². The first-order valence-corrected chi connectivity index (χ1v) is 4.85. The molecule has 1 rings (SSSR count). The minimum Gasteiger partial charge on any atom is -0.396 e. The molecule has 0 aliphatic rings. The van der Waals surface area contributed by atoms with Crippen molar-refractivity contribution in [3.8, 4) is 6.07 Å². The summed E-state index contributed by atoms with van der Waals surface area (Å²) in [5.74, 6) is 0. The van der Waals surface area contributed by atoms with Crippen LogP contribution in [0.1, 0.15) is 17.8 Å². The van der Waals surface area contributed by atoms with Crippen LogP contribution >= 0.6 is 15.9 Å². The number of rotatable bonds is 3. The van der Waals surface area contributed by atoms with E-state index in [9.17, 15) is 0 Å². The number of nitrogens with zero attached hydrogens (tertiary/aromatic N) is 2. The molecule has 70 valence electrons. The summed E-state index contributed by atoms with van der Waals surface area (Å²) in [5.41, 5.74) is 1.70. The Morgan fingerprint density at radius 1 is 1.69 bits per heavy atom. The predicted molar refractivity (Wildman–Crippen MR) is 53.2 cm³/mol. The average Bonchev–Trinajstić information content (AvgIpc) is 2.39. The Morgan fingerprint density at radius 2 is 2.38 bits per heavy atom. The summed E-state index contributed by atoms with van der Waals surface area (Å²) in [7, 11) is 1.86. The molecule has 0 aromatic carbocycles. The quantitative estimate of drug-likeness (QED) is 0.876. The van der Waals surface area contributed by atoms with E-state index in [-0.39, 0.29) is 6.61 Å². The highest BCUT2D eigenvalue weighted by Gasteiger charge is 2.09. The van der Waals surface area contributed by atoms with Gasteiger partial charge in [-0.25, -0.2) is 0 Å². The molecule has 1 aromatic rings. The summed E-state index contributed by atoms with van der Waals surface area (Å²) in [6, 6.07) is 3.90. The molecular formula is C9H11BrN2O. The lowest BCUT2D eigenvalue weighted by Gasteiger charge is -2.03. The molecule has 0 saturated heterocycles. The van der Waals surface area contributed by atoms with E-state index in [0.717, 1.165) is 23.0 Å². The smallest absolute Gasteiger partial charge is 0.121 e. The summed E-state index contributed by atoms with van der Waals surface area (Å²) >= 11 is 3.39. The van der Waals surface area contributed by atoms with Gasteiger partial charge in [0, 0.05) is 23.8 Å². The predicted octanol–water partition coefficient (Wildman–Crippen LogP) is 1.58. The van der Waals surface area contributed by atoms with E-state index in [1.165, 1.54) is 0 Å². The van der Waals surface area contributed by atoms with Crippen LogP contribution in [0, 0.1) is 11.3 Å². The van der Waals surface area contributed by atoms with Gasteiger partial charge in [-0.15, -0.1) is 0 Å². The first-order chi connectivity index (χ1) is 6.20. The zero-order chi connectivity index (χ0) is 9.84. The lowest BCUT2D eigenvalue weighted by atomic mass is 10.2. The molecular weight excluding hydrogens is 232 g/mol. The second-order valence-electron chi connectivity index (χ2n) is 2.82. The van der Waals surface area contributed by atoms with Crippen LogP contribution in [-0.2, 0) is 13.5 Å². The molecule has 0 aliphatic carbocycles. The van der Waals surface area contributed by atoms with Crippen molar-refractivity contribution in [2.45, 2.75) is 12.8 Å². The molecule has 0 radical (unpaired) electrons. The van der Waals surface area contributed by atoms with E-state index >= 15 is 0 Å². The number of aromatic nitrogens is 1. The third kappa shape index (κ3) is 2.11. The fourth-order valence-electron chi connectivity index (χ4n) is 1.25. The minimum absolute atomic E-state index is 0.180. The van der Waals surface area contributed by atoms with Crippen LogP contribution in [0.4, 0.5) is 0 Å². The van der Waals surface area contributed by atoms with Crippen molar-refractivity contribution in [3.05, 3.63) is 21.9 Å². The van der Waals surface area contributed by atoms with Crippen LogP contribution in [0.2, 0.25) is 0 Å². The highest BCUT2D eigenvalue weighted by atomic mass is 79.9. The number of aliphatic hydroxyl groups is 1. The summed E-state index contributed by atoms with van der Waals surface area (Å²) in [4.78, 5) is 0. The van der Waals surface area contributed by atoms with Crippen molar-refractivity contribution >= 4 is 15.9 Å². The van der Waals surface area contributed by atoms with Gasteiger partial charge in [-0.05, 0) is 34.8 Å². The second-order valence-corrected chi connectivity index (χ2v) is 3.68. The Bertz CT molecular complexity index is 338. The second kappa shape index (κ2) is 4.45. The zero-order valence-electron chi connectivity index (χ0n) is 7.42. The third-order valence-corrected chi connectivity index (χ3v) is 2.68. The lowest BCUT2D eigenvalue weighted by molar-refractivity contribution is 0.287. The van der Waals surface area contributed by atoms with Crippen LogP contribution < -0.4 is 0 Å². The molecule has 0 amide bonds. The number of halogens is 1. The van der Waals surface area contributed by atoms with Gasteiger partial charge in [0.2, 0.25) is 0 Å². The van der Waals surface area contributed by atoms with Gasteiger partial charge in [-0.3, -0.25) is 0 Å². The van der Waals surface area contributed by atoms with E-state index in [4.69, 9.17) is 10.4 Å². The van der Waals surface area contributed by atoms with Crippen molar-refractivity contribution in [2.75, 3.05) is 6.61 Å². The lowest BCUT2D eigenvalue weighted by Crippen LogP contribution is -2.00. The van der Waals surface area contributed by atoms with Gasteiger partial charge in [0.25, 0.3) is 0 Å². The molecule has 0 atom stereocenters. The number of nitriles is 1. The van der Waals surface area contributed by atoms with Gasteiger partial charge in [0.05, 0.1) is 0 Å². The van der Waals surface area contributed by atoms with Crippen molar-refractivity contribution in [3.63, 3.8) is 0 Å². The first kappa shape index (κ1) is 10.3. The van der Waals surface area contributed by atoms with E-state index in [2.05, 4.69) is 22.0 Å². The molecule has 13 heavy (non-hydrogen) atoms. The number of aliphatic hydroxyl groups excluding tert-OH is 1. The summed E-state index contributed by atoms with van der Waals surface area (Å²) in [6.45, 7) is 0.180. The van der Waals surface area contributed by atoms with Crippen LogP contribution in [0.5, 0.6) is 0 Å². The van der Waals surface area contributed by atoms with Crippen molar-refractivity contribution in [1.82, 2.24) is 4.57 Å². The molecule has 1 N–H and O–H groups in total. The molecule has 0 saturated carbocycles. The monoisotopic (exact) mass is 242 g/mol. The maximum atomic E-state index is 8.74. The summed E-state index contributed by atoms with van der Waals surface area (Å²) < 4.78 is 2.79. The van der Waals surface area contributed by atoms with E-state index in [1.54, 1.807) is 6.07 Å². The molecule has 1 aromatic heterocycles. The normalized spacial score (nSPS) is 10.0. The fourth-order valence-corrected chi connectivity index (χ4v) is 1.93. The fraction of sp³-hybridized carbons (Fsp3) is 0.444. The largest absolute Gasteiger partial charge is 0.396 e. The Kier molecular flexibility index (Phi) is 3.52. The maximum absolute atomic E-state index is 8.74. The van der Waals surface area contributed by atoms with Crippen molar-refractivity contribution < 1.29 is 5.11 Å². The molecule has 4 heteroatoms. The Hall–Kier alpha value is -0.790. The van der Waals surface area contributed by atoms with Crippen molar-refractivity contribution in [1.29, 1.82) is 5.26 Å². The third-order valence-electron chi connectivity index (χ3n) is 1.99. The van der Waals surface area contributed by atoms with Crippen LogP contribution in [0.3, 0.4) is 0 Å². The first-order valence-electron chi connectivity index (χ1n) is 4.05. The Labute approximate surface area is 85.7 Å². The minimum atomic E-state index is 0.180. The Morgan fingerprint density at radius 3 is 2.85 bits per heavy atom. The molecule has 0 spiro atoms. The number of hydrogen-bond acceptors (Lipinski definition) is 2. The van der Waals surface area contributed by atoms with Gasteiger partial charge in [0.15, 0.2) is 0 Å². The SMILES string of the molecule is Cn1c(C#N)cc(Br)c1CCCO. The molecule has 0 bridgehead atoms. The van der Waals surface area contributed by atoms with Crippen LogP contribution in [0.25, 0.3) is 0 Å². The van der Waals surface area contributed by atoms with Gasteiger partial charge in [-0.2, -0.15) is 5.26 Å². The summed E-state index contributed by atoms with van der Waals surface area (Å²) in [5, 5.41) is 17.4. The van der Waals surface area contributed by atoms with Gasteiger partial charge in [-0.1, -0.05) is 0 Å². The van der Waals surface area contributed by atoms with Gasteiger partial charge < -0.3 is 9.67 Å². The zero-order valence-corrected chi connectivity index (χ0v) is 9.00. The van der Waals surface area contributed by atoms with E-state index in [0.29, 0.717) is 5.69 Å². The topological polar surface area (TPSA) is 49.0 Å². The molecule has 0 fully saturated rings. The Balaban J connectivity index is 2.94. The molecule has 1 heterocycles. The van der Waals surface area contributed by atoms with Crippen LogP contribution in [0.15, 0.2) is 10.5 Å². The summed E-state index contributed by atoms with van der Waals surface area (Å²) in [6.07, 6.45) is 1.51. The highest BCUT2D eigenvalue weighted by molar-refractivity contribution is 9.10. The molecule has 3 nitrogen and oxygen atoms in total. The average molecular weight is 243 g/mol. The van der Waals surface area contributed by atoms with Crippen LogP contribution in [-0.4, -0.2) is 16.3 Å². The van der Waals surface area contributed by atoms with E-state index in [1.807, 2.05) is 11.6 Å². The maximum Gasteiger partial charge on any atom is 0.121 e. The standard InChI is InChI=1S/C9H11BrN2O/c1-12-7(6-11)5-8(10)9(12)3-2-4-13/h5,13H,2-4H2,1H3. The van der Waals surface area contributed by atoms with Crippen molar-refractivity contribution in [2.24, 2.45) is 7.05 Å². The highest BCUT2D eigenvalue weighted by Crippen LogP contribution is 2.21. The molecule has 0 unspecified atom stereocenters. The number of hydrogen-bond donors (Lipinski definition) is 1.